The van der Waals surface area contributed by atoms with Gasteiger partial charge in [-0.1, -0.05) is 0 Å². The number of aliphatic hydroxyl groups is 2. The number of rotatable bonds is 6. The van der Waals surface area contributed by atoms with Crippen LogP contribution < -0.4 is 5.11 Å². The molecule has 0 unspecified atom stereocenters. The predicted octanol–water partition coefficient (Wildman–Crippen LogP) is -1.88. The van der Waals surface area contributed by atoms with Crippen molar-refractivity contribution in [3.63, 3.8) is 0 Å². The van der Waals surface area contributed by atoms with Crippen LogP contribution in [0.1, 0.15) is 13.8 Å². The van der Waals surface area contributed by atoms with Gasteiger partial charge in [0.2, 0.25) is 0 Å². The van der Waals surface area contributed by atoms with Crippen LogP contribution >= 0.6 is 0 Å². The van der Waals surface area contributed by atoms with Crippen molar-refractivity contribution >= 4 is 5.97 Å². The third kappa shape index (κ3) is 10.5. The van der Waals surface area contributed by atoms with Gasteiger partial charge in [0, 0.05) is 13.1 Å². The van der Waals surface area contributed by atoms with Crippen molar-refractivity contribution in [2.45, 2.75) is 19.4 Å². The van der Waals surface area contributed by atoms with Gasteiger partial charge in [0.15, 0.2) is 0 Å². The molecule has 0 heterocycles. The molecule has 0 radical (unpaired) electrons. The van der Waals surface area contributed by atoms with Crippen LogP contribution in [0, 0.1) is 0 Å². The Kier molecular flexibility index (Phi) is 9.19. The molecule has 0 aliphatic carbocycles. The Balaban J connectivity index is 0. The first-order valence-electron chi connectivity index (χ1n) is 5.94. The number of hydrogen-bond acceptors (Lipinski definition) is 5. The highest BCUT2D eigenvalue weighted by Gasteiger charge is 2.26. The minimum absolute atomic E-state index is 0.142. The Morgan fingerprint density at radius 3 is 1.56 bits per heavy atom. The summed E-state index contributed by atoms with van der Waals surface area (Å²) in [6.45, 7) is 3.10. The van der Waals surface area contributed by atoms with Crippen LogP contribution in [-0.2, 0) is 4.79 Å². The molecule has 18 heavy (non-hydrogen) atoms. The van der Waals surface area contributed by atoms with Crippen molar-refractivity contribution in [2.75, 3.05) is 54.5 Å². The number of carbonyl (C=O) groups excluding carboxylic acids is 1. The van der Waals surface area contributed by atoms with E-state index in [1.54, 1.807) is 0 Å². The van der Waals surface area contributed by atoms with E-state index in [0.717, 1.165) is 4.48 Å². The van der Waals surface area contributed by atoms with Crippen molar-refractivity contribution in [3.8, 4) is 0 Å². The largest absolute Gasteiger partial charge is 0.548 e. The standard InChI is InChI=1S/C8H17NO4.C4H12N/c1-8(2,7(12)13)9(3-5-10)4-6-11;1-5(2,3)4/h10-11H,3-6H2,1-2H3,(H,12,13);1-4H3/q;+1/p-1. The van der Waals surface area contributed by atoms with Gasteiger partial charge >= 0.3 is 0 Å². The van der Waals surface area contributed by atoms with Crippen LogP contribution in [-0.4, -0.2) is 85.6 Å². The molecule has 6 nitrogen and oxygen atoms in total. The van der Waals surface area contributed by atoms with Crippen molar-refractivity contribution in [1.29, 1.82) is 0 Å². The van der Waals surface area contributed by atoms with Gasteiger partial charge in [-0.3, -0.25) is 4.90 Å². The molecule has 0 aliphatic rings. The second kappa shape index (κ2) is 8.42. The quantitative estimate of drug-likeness (QED) is 0.549. The van der Waals surface area contributed by atoms with Gasteiger partial charge < -0.3 is 24.6 Å². The number of quaternary nitrogens is 1. The van der Waals surface area contributed by atoms with Crippen molar-refractivity contribution < 1.29 is 24.6 Å². The molecule has 0 aromatic heterocycles. The van der Waals surface area contributed by atoms with Gasteiger partial charge in [0.05, 0.1) is 52.9 Å². The number of β-amino-alcohol motifs (C(OH)–C–C–N with tert-alkyl or cyclic N) is 2. The first kappa shape index (κ1) is 19.6. The van der Waals surface area contributed by atoms with Crippen LogP contribution in [0.4, 0.5) is 0 Å². The molecule has 0 rings (SSSR count). The lowest BCUT2D eigenvalue weighted by atomic mass is 10.0. The van der Waals surface area contributed by atoms with E-state index >= 15 is 0 Å². The second-order valence-corrected chi connectivity index (χ2v) is 5.96. The van der Waals surface area contributed by atoms with Gasteiger partial charge in [0.25, 0.3) is 0 Å². The molecule has 2 N–H and O–H groups in total. The van der Waals surface area contributed by atoms with E-state index in [9.17, 15) is 9.90 Å². The number of carbonyl (C=O) groups is 1. The monoisotopic (exact) mass is 264 g/mol. The van der Waals surface area contributed by atoms with E-state index in [2.05, 4.69) is 28.2 Å². The maximum atomic E-state index is 10.7. The maximum Gasteiger partial charge on any atom is 0.0675 e. The normalized spacial score (nSPS) is 12.1. The SMILES string of the molecule is CC(C)(C(=O)[O-])N(CCO)CCO.C[N+](C)(C)C. The van der Waals surface area contributed by atoms with Crippen molar-refractivity contribution in [3.05, 3.63) is 0 Å². The number of aliphatic carboxylic acids is 1. The fraction of sp³-hybridized carbons (Fsp3) is 0.917. The first-order chi connectivity index (χ1) is 7.96. The minimum Gasteiger partial charge on any atom is -0.548 e. The molecule has 110 valence electrons. The van der Waals surface area contributed by atoms with E-state index in [1.165, 1.54) is 18.7 Å². The highest BCUT2D eigenvalue weighted by atomic mass is 16.4. The molecule has 0 amide bonds. The van der Waals surface area contributed by atoms with E-state index in [-0.39, 0.29) is 26.3 Å². The number of carboxylic acids is 1. The molecule has 0 atom stereocenters. The summed E-state index contributed by atoms with van der Waals surface area (Å²) < 4.78 is 1.00. The van der Waals surface area contributed by atoms with Gasteiger partial charge in [-0.15, -0.1) is 0 Å². The minimum atomic E-state index is -1.21. The van der Waals surface area contributed by atoms with Crippen LogP contribution in [0.5, 0.6) is 0 Å². The Morgan fingerprint density at radius 2 is 1.39 bits per heavy atom. The summed E-state index contributed by atoms with van der Waals surface area (Å²) in [5.74, 6) is -1.21. The second-order valence-electron chi connectivity index (χ2n) is 5.96. The summed E-state index contributed by atoms with van der Waals surface area (Å²) in [4.78, 5) is 12.2. The van der Waals surface area contributed by atoms with Crippen LogP contribution in [0.15, 0.2) is 0 Å². The van der Waals surface area contributed by atoms with E-state index < -0.39 is 11.5 Å². The van der Waals surface area contributed by atoms with Gasteiger partial charge in [0.1, 0.15) is 0 Å². The van der Waals surface area contributed by atoms with E-state index in [1.807, 2.05) is 0 Å². The fourth-order valence-corrected chi connectivity index (χ4v) is 1.04. The Hall–Kier alpha value is -0.690. The zero-order chi connectivity index (χ0) is 15.0. The molecule has 0 spiro atoms. The average molecular weight is 264 g/mol. The molecule has 0 aromatic rings. The summed E-state index contributed by atoms with van der Waals surface area (Å²) in [7, 11) is 8.50. The third-order valence-corrected chi connectivity index (χ3v) is 2.03. The number of carboxylic acid groups (broad SMARTS) is 1. The molecule has 0 aromatic carbocycles. The summed E-state index contributed by atoms with van der Waals surface area (Å²) in [6.07, 6.45) is 0. The predicted molar refractivity (Wildman–Crippen MR) is 68.8 cm³/mol. The number of nitrogens with zero attached hydrogens (tertiary/aromatic N) is 2. The molecule has 0 aliphatic heterocycles. The molecule has 6 heteroatoms. The summed E-state index contributed by atoms with van der Waals surface area (Å²) in [5, 5.41) is 28.0. The Labute approximate surface area is 110 Å². The Morgan fingerprint density at radius 1 is 1.11 bits per heavy atom. The van der Waals surface area contributed by atoms with E-state index in [0.29, 0.717) is 0 Å². The lowest BCUT2D eigenvalue weighted by molar-refractivity contribution is -0.849. The molecule has 0 saturated heterocycles. The lowest BCUT2D eigenvalue weighted by Gasteiger charge is -2.38. The Bertz CT molecular complexity index is 225. The van der Waals surface area contributed by atoms with Gasteiger partial charge in [-0.05, 0) is 13.8 Å². The highest BCUT2D eigenvalue weighted by molar-refractivity contribution is 5.75. The third-order valence-electron chi connectivity index (χ3n) is 2.03. The van der Waals surface area contributed by atoms with Crippen molar-refractivity contribution in [2.24, 2.45) is 0 Å². The van der Waals surface area contributed by atoms with Crippen LogP contribution in [0.3, 0.4) is 0 Å². The highest BCUT2D eigenvalue weighted by Crippen LogP contribution is 2.12. The smallest absolute Gasteiger partial charge is 0.0675 e. The summed E-state index contributed by atoms with van der Waals surface area (Å²) >= 11 is 0. The average Bonchev–Trinajstić information content (AvgIpc) is 2.14. The topological polar surface area (TPSA) is 83.8 Å². The molecule has 0 fully saturated rings. The van der Waals surface area contributed by atoms with Crippen molar-refractivity contribution in [1.82, 2.24) is 4.90 Å². The maximum absolute atomic E-state index is 10.7. The fourth-order valence-electron chi connectivity index (χ4n) is 1.04. The zero-order valence-electron chi connectivity index (χ0n) is 12.4. The number of aliphatic hydroxyl groups excluding tert-OH is 2. The lowest BCUT2D eigenvalue weighted by Crippen LogP contribution is -2.57. The molecular weight excluding hydrogens is 236 g/mol. The summed E-state index contributed by atoms with van der Waals surface area (Å²) in [6, 6.07) is 0. The van der Waals surface area contributed by atoms with E-state index in [4.69, 9.17) is 10.2 Å². The summed E-state index contributed by atoms with van der Waals surface area (Å²) in [5.41, 5.74) is -1.16. The first-order valence-corrected chi connectivity index (χ1v) is 5.94. The van der Waals surface area contributed by atoms with Gasteiger partial charge in [-0.25, -0.2) is 0 Å². The van der Waals surface area contributed by atoms with Crippen LogP contribution in [0.2, 0.25) is 0 Å². The zero-order valence-corrected chi connectivity index (χ0v) is 12.4. The molecule has 0 saturated carbocycles. The number of hydrogen-bond donors (Lipinski definition) is 2. The van der Waals surface area contributed by atoms with Crippen LogP contribution in [0.25, 0.3) is 0 Å². The molecule has 0 bridgehead atoms. The van der Waals surface area contributed by atoms with Gasteiger partial charge in [-0.2, -0.15) is 0 Å². The molecular formula is C12H28N2O4.